The fraction of sp³-hybridized carbons (Fsp3) is 0.0204. The average molecular weight is 667 g/mol. The molecular weight excluding hydrogens is 633 g/mol. The van der Waals surface area contributed by atoms with Crippen molar-refractivity contribution in [2.75, 3.05) is 4.90 Å². The van der Waals surface area contributed by atoms with Crippen LogP contribution in [0.15, 0.2) is 206 Å². The number of benzene rings is 8. The van der Waals surface area contributed by atoms with Crippen LogP contribution in [-0.4, -0.2) is 4.57 Å². The summed E-state index contributed by atoms with van der Waals surface area (Å²) < 4.78 is 9.88. The molecule has 0 fully saturated rings. The van der Waals surface area contributed by atoms with Gasteiger partial charge in [0.1, 0.15) is 5.75 Å². The Morgan fingerprint density at radius 3 is 1.56 bits per heavy atom. The molecule has 52 heavy (non-hydrogen) atoms. The van der Waals surface area contributed by atoms with Gasteiger partial charge in [-0.3, -0.25) is 0 Å². The van der Waals surface area contributed by atoms with E-state index in [-0.39, 0.29) is 0 Å². The van der Waals surface area contributed by atoms with Gasteiger partial charge in [-0.15, -0.1) is 0 Å². The summed E-state index contributed by atoms with van der Waals surface area (Å²) in [5, 5.41) is 2.50. The molecule has 10 rings (SSSR count). The van der Waals surface area contributed by atoms with E-state index in [9.17, 15) is 0 Å². The van der Waals surface area contributed by atoms with Crippen molar-refractivity contribution in [1.82, 2.24) is 4.57 Å². The second-order valence-corrected chi connectivity index (χ2v) is 13.3. The van der Waals surface area contributed by atoms with Gasteiger partial charge in [0.15, 0.2) is 5.60 Å². The maximum absolute atomic E-state index is 7.52. The van der Waals surface area contributed by atoms with E-state index in [0.717, 1.165) is 56.3 Å². The van der Waals surface area contributed by atoms with Crippen molar-refractivity contribution < 1.29 is 4.74 Å². The van der Waals surface area contributed by atoms with Crippen LogP contribution in [0, 0.1) is 0 Å². The van der Waals surface area contributed by atoms with Crippen LogP contribution in [0.5, 0.6) is 5.75 Å². The number of fused-ring (bicyclic) bond motifs is 6. The molecule has 1 aliphatic heterocycles. The highest BCUT2D eigenvalue weighted by molar-refractivity contribution is 6.09. The Bertz CT molecular complexity index is 2610. The molecular formula is C49H34N2O. The fourth-order valence-corrected chi connectivity index (χ4v) is 8.12. The minimum Gasteiger partial charge on any atom is -0.472 e. The Morgan fingerprint density at radius 1 is 0.404 bits per heavy atom. The molecule has 0 amide bonds. The third-order valence-electron chi connectivity index (χ3n) is 10.4. The molecule has 0 saturated heterocycles. The normalized spacial score (nSPS) is 14.8. The Hall–Kier alpha value is -6.84. The lowest BCUT2D eigenvalue weighted by atomic mass is 9.75. The van der Waals surface area contributed by atoms with Crippen molar-refractivity contribution in [3.8, 4) is 22.6 Å². The molecule has 1 unspecified atom stereocenters. The Morgan fingerprint density at radius 2 is 0.923 bits per heavy atom. The van der Waals surface area contributed by atoms with Crippen molar-refractivity contribution >= 4 is 38.9 Å². The maximum atomic E-state index is 7.52. The molecule has 8 aromatic carbocycles. The quantitative estimate of drug-likeness (QED) is 0.176. The van der Waals surface area contributed by atoms with Gasteiger partial charge < -0.3 is 14.2 Å². The minimum atomic E-state index is -0.896. The third-order valence-corrected chi connectivity index (χ3v) is 10.4. The summed E-state index contributed by atoms with van der Waals surface area (Å²) in [7, 11) is 0. The molecule has 246 valence electrons. The van der Waals surface area contributed by atoms with Crippen LogP contribution in [-0.2, 0) is 5.60 Å². The Balaban J connectivity index is 1.17. The number of anilines is 3. The Labute approximate surface area is 303 Å². The lowest BCUT2D eigenvalue weighted by molar-refractivity contribution is 0.152. The van der Waals surface area contributed by atoms with Crippen LogP contribution in [0.1, 0.15) is 16.7 Å². The monoisotopic (exact) mass is 666 g/mol. The van der Waals surface area contributed by atoms with E-state index in [0.29, 0.717) is 0 Å². The number of para-hydroxylation sites is 4. The molecule has 0 radical (unpaired) electrons. The number of aromatic nitrogens is 1. The molecule has 0 N–H and O–H groups in total. The summed E-state index contributed by atoms with van der Waals surface area (Å²) in [5.41, 5.74) is 11.3. The summed E-state index contributed by atoms with van der Waals surface area (Å²) in [5.74, 6) is 0.836. The molecule has 9 aromatic rings. The first kappa shape index (κ1) is 30.0. The van der Waals surface area contributed by atoms with Gasteiger partial charge in [-0.1, -0.05) is 140 Å². The predicted molar refractivity (Wildman–Crippen MR) is 214 cm³/mol. The zero-order valence-electron chi connectivity index (χ0n) is 28.4. The van der Waals surface area contributed by atoms with Gasteiger partial charge in [-0.25, -0.2) is 0 Å². The topological polar surface area (TPSA) is 17.4 Å². The van der Waals surface area contributed by atoms with E-state index in [4.69, 9.17) is 4.74 Å². The first-order valence-electron chi connectivity index (χ1n) is 17.8. The van der Waals surface area contributed by atoms with Crippen molar-refractivity contribution in [3.63, 3.8) is 0 Å². The summed E-state index contributed by atoms with van der Waals surface area (Å²) >= 11 is 0. The molecule has 0 bridgehead atoms. The molecule has 0 saturated carbocycles. The summed E-state index contributed by atoms with van der Waals surface area (Å²) in [6, 6.07) is 73.3. The van der Waals surface area contributed by atoms with E-state index >= 15 is 0 Å². The molecule has 0 aliphatic carbocycles. The van der Waals surface area contributed by atoms with E-state index in [2.05, 4.69) is 216 Å². The van der Waals surface area contributed by atoms with Gasteiger partial charge in [-0.05, 0) is 66.2 Å². The summed E-state index contributed by atoms with van der Waals surface area (Å²) in [4.78, 5) is 2.29. The molecule has 1 aliphatic rings. The van der Waals surface area contributed by atoms with Crippen molar-refractivity contribution in [2.45, 2.75) is 5.60 Å². The van der Waals surface area contributed by atoms with Gasteiger partial charge in [0.05, 0.1) is 11.0 Å². The predicted octanol–water partition coefficient (Wildman–Crippen LogP) is 12.6. The second kappa shape index (κ2) is 12.2. The fourth-order valence-electron chi connectivity index (χ4n) is 8.12. The van der Waals surface area contributed by atoms with Crippen LogP contribution in [0.2, 0.25) is 0 Å². The summed E-state index contributed by atoms with van der Waals surface area (Å²) in [6.07, 6.45) is 0. The molecule has 3 nitrogen and oxygen atoms in total. The highest BCUT2D eigenvalue weighted by atomic mass is 16.5. The van der Waals surface area contributed by atoms with E-state index in [1.807, 2.05) is 0 Å². The second-order valence-electron chi connectivity index (χ2n) is 13.3. The van der Waals surface area contributed by atoms with Crippen molar-refractivity contribution in [3.05, 3.63) is 223 Å². The van der Waals surface area contributed by atoms with Crippen LogP contribution in [0.4, 0.5) is 17.1 Å². The first-order valence-corrected chi connectivity index (χ1v) is 17.8. The van der Waals surface area contributed by atoms with Gasteiger partial charge in [0.2, 0.25) is 0 Å². The van der Waals surface area contributed by atoms with Gasteiger partial charge in [0.25, 0.3) is 0 Å². The molecule has 2 heterocycles. The highest BCUT2D eigenvalue weighted by Crippen LogP contribution is 2.53. The number of ether oxygens (including phenoxy) is 1. The SMILES string of the molecule is c1ccc(N(c2ccccc2)c2ccc3c(c2)OC(c2ccccc2)(c2ccc(-n4c5ccccc5c5ccccc54)cc2)c2ccccc2-3)cc1. The molecule has 0 spiro atoms. The number of nitrogens with zero attached hydrogens (tertiary/aromatic N) is 2. The van der Waals surface area contributed by atoms with Gasteiger partial charge in [-0.2, -0.15) is 0 Å². The van der Waals surface area contributed by atoms with Crippen LogP contribution in [0.3, 0.4) is 0 Å². The minimum absolute atomic E-state index is 0.836. The van der Waals surface area contributed by atoms with Crippen LogP contribution in [0.25, 0.3) is 38.6 Å². The smallest absolute Gasteiger partial charge is 0.185 e. The number of hydrogen-bond acceptors (Lipinski definition) is 2. The number of hydrogen-bond donors (Lipinski definition) is 0. The van der Waals surface area contributed by atoms with Crippen molar-refractivity contribution in [2.24, 2.45) is 0 Å². The Kier molecular flexibility index (Phi) is 7.04. The zero-order valence-corrected chi connectivity index (χ0v) is 28.4. The molecule has 3 heteroatoms. The lowest BCUT2D eigenvalue weighted by Crippen LogP contribution is -2.38. The van der Waals surface area contributed by atoms with E-state index < -0.39 is 5.60 Å². The maximum Gasteiger partial charge on any atom is 0.185 e. The van der Waals surface area contributed by atoms with Gasteiger partial charge >= 0.3 is 0 Å². The summed E-state index contributed by atoms with van der Waals surface area (Å²) in [6.45, 7) is 0. The lowest BCUT2D eigenvalue weighted by Gasteiger charge is -2.42. The van der Waals surface area contributed by atoms with E-state index in [1.54, 1.807) is 0 Å². The number of rotatable bonds is 6. The van der Waals surface area contributed by atoms with E-state index in [1.165, 1.54) is 21.8 Å². The van der Waals surface area contributed by atoms with Crippen LogP contribution >= 0.6 is 0 Å². The van der Waals surface area contributed by atoms with Crippen LogP contribution < -0.4 is 9.64 Å². The largest absolute Gasteiger partial charge is 0.472 e. The average Bonchev–Trinajstić information content (AvgIpc) is 3.56. The zero-order chi connectivity index (χ0) is 34.5. The molecule has 1 aromatic heterocycles. The highest BCUT2D eigenvalue weighted by Gasteiger charge is 2.44. The van der Waals surface area contributed by atoms with Gasteiger partial charge in [0, 0.05) is 61.8 Å². The standard InChI is InChI=1S/C49H34N2O/c1-4-16-35(17-5-1)49(36-28-30-39(31-29-36)51-46-26-14-11-23-42(46)43-24-12-15-27-47(43)51)45-25-13-10-22-41(45)44-33-32-40(34-48(44)52-49)50(37-18-6-2-7-19-37)38-20-8-3-9-21-38/h1-34H. The third kappa shape index (κ3) is 4.67. The molecule has 1 atom stereocenters. The van der Waals surface area contributed by atoms with Crippen molar-refractivity contribution in [1.29, 1.82) is 0 Å². The first-order chi connectivity index (χ1) is 25.8.